The first-order chi connectivity index (χ1) is 11.9. The second-order valence-corrected chi connectivity index (χ2v) is 7.55. The van der Waals surface area contributed by atoms with E-state index < -0.39 is 5.54 Å². The van der Waals surface area contributed by atoms with Crippen LogP contribution in [-0.2, 0) is 16.7 Å². The average molecular weight is 360 g/mol. The van der Waals surface area contributed by atoms with Crippen molar-refractivity contribution in [3.63, 3.8) is 0 Å². The summed E-state index contributed by atoms with van der Waals surface area (Å²) in [6, 6.07) is 8.68. The van der Waals surface area contributed by atoms with Gasteiger partial charge in [0.1, 0.15) is 5.82 Å². The van der Waals surface area contributed by atoms with Crippen molar-refractivity contribution in [3.05, 3.63) is 57.0 Å². The minimum Gasteiger partial charge on any atom is -0.465 e. The summed E-state index contributed by atoms with van der Waals surface area (Å²) >= 11 is 1.48. The van der Waals surface area contributed by atoms with E-state index in [-0.39, 0.29) is 24.0 Å². The highest BCUT2D eigenvalue weighted by Gasteiger charge is 2.36. The molecule has 0 spiro atoms. The van der Waals surface area contributed by atoms with Crippen LogP contribution in [-0.4, -0.2) is 18.4 Å². The van der Waals surface area contributed by atoms with Gasteiger partial charge in [0.15, 0.2) is 5.78 Å². The molecule has 0 aliphatic carbocycles. The number of nitrogens with two attached hydrogens (primary N) is 1. The first-order valence-corrected chi connectivity index (χ1v) is 9.12. The molecule has 1 aromatic heterocycles. The van der Waals surface area contributed by atoms with Gasteiger partial charge in [-0.1, -0.05) is 13.0 Å². The van der Waals surface area contributed by atoms with Crippen molar-refractivity contribution in [2.45, 2.75) is 38.6 Å². The Morgan fingerprint density at radius 1 is 1.40 bits per heavy atom. The number of hydrogen-bond acceptors (Lipinski definition) is 5. The summed E-state index contributed by atoms with van der Waals surface area (Å²) in [7, 11) is 0. The number of rotatable bonds is 5. The van der Waals surface area contributed by atoms with Crippen LogP contribution < -0.4 is 5.73 Å². The largest absolute Gasteiger partial charge is 0.465 e. The van der Waals surface area contributed by atoms with E-state index in [0.29, 0.717) is 25.0 Å². The van der Waals surface area contributed by atoms with Crippen LogP contribution >= 0.6 is 11.3 Å². The molecule has 0 amide bonds. The molecule has 2 aromatic rings. The van der Waals surface area contributed by atoms with Crippen molar-refractivity contribution < 1.29 is 13.9 Å². The van der Waals surface area contributed by atoms with E-state index in [1.54, 1.807) is 12.1 Å². The molecule has 2 N–H and O–H groups in total. The molecule has 1 atom stereocenters. The Kier molecular flexibility index (Phi) is 4.90. The summed E-state index contributed by atoms with van der Waals surface area (Å²) in [4.78, 5) is 18.7. The van der Waals surface area contributed by atoms with E-state index in [2.05, 4.69) is 4.99 Å². The fourth-order valence-corrected chi connectivity index (χ4v) is 3.97. The first-order valence-electron chi connectivity index (χ1n) is 8.30. The molecule has 0 bridgehead atoms. The Morgan fingerprint density at radius 3 is 2.84 bits per heavy atom. The number of thiophene rings is 1. The van der Waals surface area contributed by atoms with Crippen LogP contribution in [0.4, 0.5) is 4.39 Å². The number of carbonyl (C=O) groups is 1. The van der Waals surface area contributed by atoms with Crippen LogP contribution in [0.3, 0.4) is 0 Å². The number of amidine groups is 1. The second kappa shape index (κ2) is 6.96. The van der Waals surface area contributed by atoms with E-state index >= 15 is 0 Å². The van der Waals surface area contributed by atoms with Gasteiger partial charge in [0.05, 0.1) is 17.0 Å². The lowest BCUT2D eigenvalue weighted by Crippen LogP contribution is -2.36. The quantitative estimate of drug-likeness (QED) is 0.821. The number of carbonyl (C=O) groups excluding carboxylic acids is 1. The SMILES string of the molecule is CC[C@@]1(c2cc(CC(=O)c3ccc(C)s3)ccc2F)CCOC(N)=N1. The van der Waals surface area contributed by atoms with Crippen LogP contribution in [0.1, 0.15) is 45.4 Å². The van der Waals surface area contributed by atoms with Crippen molar-refractivity contribution in [2.24, 2.45) is 10.7 Å². The Balaban J connectivity index is 1.93. The molecule has 0 unspecified atom stereocenters. The Hall–Kier alpha value is -2.21. The van der Waals surface area contributed by atoms with E-state index in [4.69, 9.17) is 10.5 Å². The molecule has 3 rings (SSSR count). The van der Waals surface area contributed by atoms with Gasteiger partial charge in [0, 0.05) is 23.3 Å². The lowest BCUT2D eigenvalue weighted by atomic mass is 9.83. The number of ether oxygens (including phenoxy) is 1. The maximum Gasteiger partial charge on any atom is 0.282 e. The third kappa shape index (κ3) is 3.58. The zero-order valence-corrected chi connectivity index (χ0v) is 15.2. The molecule has 0 saturated heterocycles. The molecule has 0 fully saturated rings. The van der Waals surface area contributed by atoms with Crippen LogP contribution in [0.15, 0.2) is 35.3 Å². The molecule has 4 nitrogen and oxygen atoms in total. The van der Waals surface area contributed by atoms with Crippen LogP contribution in [0.5, 0.6) is 0 Å². The summed E-state index contributed by atoms with van der Waals surface area (Å²) in [5.74, 6) is -0.292. The fourth-order valence-electron chi connectivity index (χ4n) is 3.16. The predicted molar refractivity (Wildman–Crippen MR) is 97.7 cm³/mol. The van der Waals surface area contributed by atoms with Crippen LogP contribution in [0.2, 0.25) is 0 Å². The molecule has 0 saturated carbocycles. The predicted octanol–water partition coefficient (Wildman–Crippen LogP) is 3.96. The Morgan fingerprint density at radius 2 is 2.20 bits per heavy atom. The fraction of sp³-hybridized carbons (Fsp3) is 0.368. The van der Waals surface area contributed by atoms with Crippen molar-refractivity contribution in [2.75, 3.05) is 6.61 Å². The highest BCUT2D eigenvalue weighted by molar-refractivity contribution is 7.14. The van der Waals surface area contributed by atoms with Gasteiger partial charge in [-0.15, -0.1) is 11.3 Å². The monoisotopic (exact) mass is 360 g/mol. The van der Waals surface area contributed by atoms with Gasteiger partial charge < -0.3 is 10.5 Å². The maximum absolute atomic E-state index is 14.5. The molecule has 1 aliphatic rings. The van der Waals surface area contributed by atoms with Gasteiger partial charge in [-0.3, -0.25) is 4.79 Å². The van der Waals surface area contributed by atoms with Gasteiger partial charge in [-0.2, -0.15) is 0 Å². The molecule has 1 aromatic carbocycles. The third-order valence-electron chi connectivity index (χ3n) is 4.59. The average Bonchev–Trinajstić information content (AvgIpc) is 3.03. The van der Waals surface area contributed by atoms with Crippen LogP contribution in [0.25, 0.3) is 0 Å². The number of halogens is 1. The number of ketones is 1. The van der Waals surface area contributed by atoms with Crippen molar-refractivity contribution in [1.29, 1.82) is 0 Å². The minimum absolute atomic E-state index is 0.0381. The Labute approximate surface area is 150 Å². The molecule has 1 aliphatic heterocycles. The second-order valence-electron chi connectivity index (χ2n) is 6.26. The van der Waals surface area contributed by atoms with E-state index in [1.165, 1.54) is 17.4 Å². The van der Waals surface area contributed by atoms with Crippen molar-refractivity contribution in [1.82, 2.24) is 0 Å². The summed E-state index contributed by atoms with van der Waals surface area (Å²) < 4.78 is 19.7. The van der Waals surface area contributed by atoms with Gasteiger partial charge >= 0.3 is 0 Å². The lowest BCUT2D eigenvalue weighted by molar-refractivity contribution is 0.0996. The third-order valence-corrected chi connectivity index (χ3v) is 5.63. The molecule has 0 radical (unpaired) electrons. The summed E-state index contributed by atoms with van der Waals surface area (Å²) in [5, 5.41) is 0. The summed E-state index contributed by atoms with van der Waals surface area (Å²) in [6.45, 7) is 4.32. The highest BCUT2D eigenvalue weighted by atomic mass is 32.1. The van der Waals surface area contributed by atoms with Crippen LogP contribution in [0, 0.1) is 12.7 Å². The minimum atomic E-state index is -0.731. The normalized spacial score (nSPS) is 20.0. The highest BCUT2D eigenvalue weighted by Crippen LogP contribution is 2.37. The van der Waals surface area contributed by atoms with Gasteiger partial charge in [0.25, 0.3) is 6.02 Å². The zero-order chi connectivity index (χ0) is 18.0. The number of aliphatic imine (C=N–C) groups is 1. The van der Waals surface area contributed by atoms with Crippen molar-refractivity contribution in [3.8, 4) is 0 Å². The number of nitrogens with zero attached hydrogens (tertiary/aromatic N) is 1. The summed E-state index contributed by atoms with van der Waals surface area (Å²) in [5.41, 5.74) is 6.25. The molecular formula is C19H21FN2O2S. The van der Waals surface area contributed by atoms with Crippen molar-refractivity contribution >= 4 is 23.1 Å². The van der Waals surface area contributed by atoms with E-state index in [1.807, 2.05) is 26.0 Å². The van der Waals surface area contributed by atoms with E-state index in [0.717, 1.165) is 15.3 Å². The molecule has 25 heavy (non-hydrogen) atoms. The lowest BCUT2D eigenvalue weighted by Gasteiger charge is -2.33. The number of hydrogen-bond donors (Lipinski definition) is 1. The van der Waals surface area contributed by atoms with Gasteiger partial charge in [0.2, 0.25) is 0 Å². The Bertz CT molecular complexity index is 831. The first kappa shape index (κ1) is 17.6. The number of benzene rings is 1. The maximum atomic E-state index is 14.5. The topological polar surface area (TPSA) is 64.7 Å². The molecule has 132 valence electrons. The molecule has 6 heteroatoms. The number of aryl methyl sites for hydroxylation is 1. The zero-order valence-electron chi connectivity index (χ0n) is 14.3. The van der Waals surface area contributed by atoms with E-state index in [9.17, 15) is 9.18 Å². The standard InChI is InChI=1S/C19H21FN2O2S/c1-3-19(8-9-24-18(21)22-19)14-10-13(5-6-15(14)20)11-16(23)17-7-4-12(2)25-17/h4-7,10H,3,8-9,11H2,1-2H3,(H2,21,22)/t19-/m0/s1. The number of Topliss-reactive ketones (excluding diaryl/α,β-unsaturated/α-hetero) is 1. The molecular weight excluding hydrogens is 339 g/mol. The van der Waals surface area contributed by atoms with Gasteiger partial charge in [-0.25, -0.2) is 9.38 Å². The smallest absolute Gasteiger partial charge is 0.282 e. The summed E-state index contributed by atoms with van der Waals surface area (Å²) in [6.07, 6.45) is 1.40. The van der Waals surface area contributed by atoms with Gasteiger partial charge in [-0.05, 0) is 43.2 Å². The molecule has 2 heterocycles.